The Balaban J connectivity index is 2.00. The number of carbonyl (C=O) groups excluding carboxylic acids is 2. The van der Waals surface area contributed by atoms with Crippen molar-refractivity contribution in [2.75, 3.05) is 7.11 Å². The Hall–Kier alpha value is -3.02. The summed E-state index contributed by atoms with van der Waals surface area (Å²) in [7, 11) is 1.60. The molecule has 3 rings (SSSR count). The van der Waals surface area contributed by atoms with Gasteiger partial charge in [-0.25, -0.2) is 0 Å². The van der Waals surface area contributed by atoms with Crippen LogP contribution < -0.4 is 10.1 Å². The van der Waals surface area contributed by atoms with Gasteiger partial charge < -0.3 is 15.0 Å². The van der Waals surface area contributed by atoms with E-state index in [1.54, 1.807) is 30.2 Å². The van der Waals surface area contributed by atoms with Gasteiger partial charge in [-0.3, -0.25) is 9.59 Å². The van der Waals surface area contributed by atoms with E-state index in [1.807, 2.05) is 68.4 Å². The molecule has 0 aliphatic heterocycles. The van der Waals surface area contributed by atoms with E-state index in [9.17, 15) is 9.59 Å². The van der Waals surface area contributed by atoms with Crippen LogP contribution >= 0.6 is 23.2 Å². The van der Waals surface area contributed by atoms with Crippen LogP contribution in [0.15, 0.2) is 72.8 Å². The third kappa shape index (κ3) is 7.74. The molecule has 0 saturated heterocycles. The van der Waals surface area contributed by atoms with Crippen molar-refractivity contribution in [2.24, 2.45) is 0 Å². The van der Waals surface area contributed by atoms with E-state index in [0.717, 1.165) is 17.5 Å². The van der Waals surface area contributed by atoms with Crippen LogP contribution in [0.4, 0.5) is 0 Å². The Bertz CT molecular complexity index is 1170. The molecular formula is C29H32Cl2N2O3. The highest BCUT2D eigenvalue weighted by Crippen LogP contribution is 2.24. The standard InChI is InChI=1S/C29H32Cl2N2O3/c1-4-20(2)32-29(35)27(16-21-9-6-5-7-10-21)33(19-22-11-8-12-25(15-22)36-3)28(34)17-23-13-14-24(30)18-26(23)31/h5-15,18,20,27H,4,16-17,19H2,1-3H3,(H,32,35). The summed E-state index contributed by atoms with van der Waals surface area (Å²) in [6.45, 7) is 4.21. The van der Waals surface area contributed by atoms with Crippen molar-refractivity contribution >= 4 is 35.0 Å². The number of benzene rings is 3. The first-order valence-corrected chi connectivity index (χ1v) is 12.8. The topological polar surface area (TPSA) is 58.6 Å². The summed E-state index contributed by atoms with van der Waals surface area (Å²) in [4.78, 5) is 29.0. The molecule has 0 bridgehead atoms. The van der Waals surface area contributed by atoms with Crippen LogP contribution in [-0.2, 0) is 29.0 Å². The van der Waals surface area contributed by atoms with E-state index in [1.165, 1.54) is 0 Å². The maximum atomic E-state index is 13.8. The van der Waals surface area contributed by atoms with Gasteiger partial charge in [0, 0.05) is 29.1 Å². The van der Waals surface area contributed by atoms with E-state index < -0.39 is 6.04 Å². The van der Waals surface area contributed by atoms with Gasteiger partial charge in [-0.15, -0.1) is 0 Å². The molecular weight excluding hydrogens is 495 g/mol. The number of carbonyl (C=O) groups is 2. The molecule has 1 N–H and O–H groups in total. The fraction of sp³-hybridized carbons (Fsp3) is 0.310. The predicted octanol–water partition coefficient (Wildman–Crippen LogP) is 6.10. The lowest BCUT2D eigenvalue weighted by atomic mass is 10.0. The Morgan fingerprint density at radius 3 is 2.36 bits per heavy atom. The third-order valence-corrected chi connectivity index (χ3v) is 6.70. The zero-order valence-electron chi connectivity index (χ0n) is 20.8. The van der Waals surface area contributed by atoms with Crippen LogP contribution in [0.1, 0.15) is 37.0 Å². The van der Waals surface area contributed by atoms with Gasteiger partial charge >= 0.3 is 0 Å². The number of halogens is 2. The molecule has 3 aromatic rings. The molecule has 0 aliphatic carbocycles. The van der Waals surface area contributed by atoms with E-state index in [0.29, 0.717) is 27.8 Å². The molecule has 7 heteroatoms. The number of ether oxygens (including phenoxy) is 1. The highest BCUT2D eigenvalue weighted by atomic mass is 35.5. The molecule has 2 atom stereocenters. The second-order valence-electron chi connectivity index (χ2n) is 8.81. The van der Waals surface area contributed by atoms with Crippen LogP contribution in [0, 0.1) is 0 Å². The molecule has 0 aromatic heterocycles. The summed E-state index contributed by atoms with van der Waals surface area (Å²) in [5, 5.41) is 3.99. The summed E-state index contributed by atoms with van der Waals surface area (Å²) in [5.41, 5.74) is 2.48. The average Bonchev–Trinajstić information content (AvgIpc) is 2.88. The van der Waals surface area contributed by atoms with Crippen molar-refractivity contribution in [1.29, 1.82) is 0 Å². The van der Waals surface area contributed by atoms with Gasteiger partial charge in [0.25, 0.3) is 0 Å². The number of nitrogens with zero attached hydrogens (tertiary/aromatic N) is 1. The van der Waals surface area contributed by atoms with Crippen molar-refractivity contribution in [1.82, 2.24) is 10.2 Å². The van der Waals surface area contributed by atoms with Crippen LogP contribution in [0.25, 0.3) is 0 Å². The Morgan fingerprint density at radius 2 is 1.69 bits per heavy atom. The minimum absolute atomic E-state index is 0.0183. The largest absolute Gasteiger partial charge is 0.497 e. The summed E-state index contributed by atoms with van der Waals surface area (Å²) >= 11 is 12.4. The summed E-state index contributed by atoms with van der Waals surface area (Å²) in [5.74, 6) is 0.290. The predicted molar refractivity (Wildman–Crippen MR) is 146 cm³/mol. The number of rotatable bonds is 11. The van der Waals surface area contributed by atoms with Crippen molar-refractivity contribution < 1.29 is 14.3 Å². The zero-order valence-corrected chi connectivity index (χ0v) is 22.4. The lowest BCUT2D eigenvalue weighted by molar-refractivity contribution is -0.141. The Labute approximate surface area is 223 Å². The quantitative estimate of drug-likeness (QED) is 0.328. The van der Waals surface area contributed by atoms with E-state index in [-0.39, 0.29) is 30.8 Å². The number of amides is 2. The number of hydrogen-bond donors (Lipinski definition) is 1. The van der Waals surface area contributed by atoms with Crippen LogP contribution in [0.2, 0.25) is 10.0 Å². The first-order chi connectivity index (χ1) is 17.3. The SMILES string of the molecule is CCC(C)NC(=O)C(Cc1ccccc1)N(Cc1cccc(OC)c1)C(=O)Cc1ccc(Cl)cc1Cl. The highest BCUT2D eigenvalue weighted by molar-refractivity contribution is 6.35. The molecule has 0 heterocycles. The maximum absolute atomic E-state index is 13.8. The summed E-state index contributed by atoms with van der Waals surface area (Å²) in [6.07, 6.45) is 1.21. The first kappa shape index (κ1) is 27.6. The Morgan fingerprint density at radius 1 is 0.972 bits per heavy atom. The summed E-state index contributed by atoms with van der Waals surface area (Å²) < 4.78 is 5.38. The van der Waals surface area contributed by atoms with Gasteiger partial charge in [-0.2, -0.15) is 0 Å². The molecule has 5 nitrogen and oxygen atoms in total. The monoisotopic (exact) mass is 526 g/mol. The van der Waals surface area contributed by atoms with Gasteiger partial charge in [0.15, 0.2) is 0 Å². The fourth-order valence-corrected chi connectivity index (χ4v) is 4.37. The molecule has 0 saturated carbocycles. The zero-order chi connectivity index (χ0) is 26.1. The van der Waals surface area contributed by atoms with Crippen molar-refractivity contribution in [2.45, 2.75) is 51.7 Å². The van der Waals surface area contributed by atoms with E-state index in [2.05, 4.69) is 5.32 Å². The third-order valence-electron chi connectivity index (χ3n) is 6.12. The molecule has 0 aliphatic rings. The molecule has 0 fully saturated rings. The van der Waals surface area contributed by atoms with E-state index in [4.69, 9.17) is 27.9 Å². The van der Waals surface area contributed by atoms with Crippen LogP contribution in [-0.4, -0.2) is 35.9 Å². The molecule has 36 heavy (non-hydrogen) atoms. The van der Waals surface area contributed by atoms with Crippen molar-refractivity contribution in [3.63, 3.8) is 0 Å². The molecule has 3 aromatic carbocycles. The smallest absolute Gasteiger partial charge is 0.243 e. The normalized spacial score (nSPS) is 12.5. The fourth-order valence-electron chi connectivity index (χ4n) is 3.89. The molecule has 0 radical (unpaired) electrons. The molecule has 2 unspecified atom stereocenters. The Kier molecular flexibility index (Phi) is 10.2. The number of methoxy groups -OCH3 is 1. The second-order valence-corrected chi connectivity index (χ2v) is 9.65. The average molecular weight is 527 g/mol. The number of hydrogen-bond acceptors (Lipinski definition) is 3. The second kappa shape index (κ2) is 13.3. The maximum Gasteiger partial charge on any atom is 0.243 e. The molecule has 2 amide bonds. The van der Waals surface area contributed by atoms with Gasteiger partial charge in [-0.1, -0.05) is 78.7 Å². The van der Waals surface area contributed by atoms with Crippen molar-refractivity contribution in [3.05, 3.63) is 99.5 Å². The van der Waals surface area contributed by atoms with Gasteiger partial charge in [0.05, 0.1) is 13.5 Å². The summed E-state index contributed by atoms with van der Waals surface area (Å²) in [6, 6.07) is 21.6. The van der Waals surface area contributed by atoms with Crippen LogP contribution in [0.3, 0.4) is 0 Å². The lowest BCUT2D eigenvalue weighted by Crippen LogP contribution is -2.52. The van der Waals surface area contributed by atoms with E-state index >= 15 is 0 Å². The minimum Gasteiger partial charge on any atom is -0.497 e. The highest BCUT2D eigenvalue weighted by Gasteiger charge is 2.31. The molecule has 190 valence electrons. The van der Waals surface area contributed by atoms with Gasteiger partial charge in [0.2, 0.25) is 11.8 Å². The first-order valence-electron chi connectivity index (χ1n) is 12.0. The van der Waals surface area contributed by atoms with Crippen molar-refractivity contribution in [3.8, 4) is 5.75 Å². The van der Waals surface area contributed by atoms with Gasteiger partial charge in [-0.05, 0) is 54.3 Å². The molecule has 0 spiro atoms. The van der Waals surface area contributed by atoms with Crippen LogP contribution in [0.5, 0.6) is 5.75 Å². The van der Waals surface area contributed by atoms with Gasteiger partial charge in [0.1, 0.15) is 11.8 Å². The minimum atomic E-state index is -0.717. The number of nitrogens with one attached hydrogen (secondary N) is 1. The lowest BCUT2D eigenvalue weighted by Gasteiger charge is -2.32.